The van der Waals surface area contributed by atoms with Gasteiger partial charge in [0.1, 0.15) is 11.2 Å². The van der Waals surface area contributed by atoms with E-state index in [1.54, 1.807) is 121 Å². The Balaban J connectivity index is 1.26. The Morgan fingerprint density at radius 3 is 1.21 bits per heavy atom. The van der Waals surface area contributed by atoms with E-state index in [0.717, 1.165) is 24.0 Å². The van der Waals surface area contributed by atoms with Crippen molar-refractivity contribution >= 4 is 58.8 Å². The van der Waals surface area contributed by atoms with E-state index in [4.69, 9.17) is 28.4 Å². The summed E-state index contributed by atoms with van der Waals surface area (Å²) in [6.07, 6.45) is 0.527. The van der Waals surface area contributed by atoms with E-state index in [1.165, 1.54) is 13.8 Å². The molecular weight excluding hydrogens is 993 g/mol. The average molecular weight is 1080 g/mol. The highest BCUT2D eigenvalue weighted by molar-refractivity contribution is 5.98. The number of carbonyl (C=O) groups excluding carboxylic acids is 8. The van der Waals surface area contributed by atoms with Crippen molar-refractivity contribution < 1.29 is 66.8 Å². The molecule has 0 bridgehead atoms. The van der Waals surface area contributed by atoms with Crippen LogP contribution in [0.4, 0.5) is 21.0 Å². The summed E-state index contributed by atoms with van der Waals surface area (Å²) in [5, 5.41) is 16.9. The molecule has 0 aromatic heterocycles. The highest BCUT2D eigenvalue weighted by Gasteiger charge is 2.36. The molecule has 0 spiro atoms. The summed E-state index contributed by atoms with van der Waals surface area (Å²) in [4.78, 5) is 101. The first kappa shape index (κ1) is 64.5. The number of hydrogen-bond acceptors (Lipinski definition) is 14. The number of urea groups is 2. The summed E-state index contributed by atoms with van der Waals surface area (Å²) >= 11 is 0. The van der Waals surface area contributed by atoms with Gasteiger partial charge in [-0.25, -0.2) is 19.2 Å². The SMILES string of the molecule is CCOC(C)C(=O)OC(C)C(=O)C(C)(C)OCCCCCNC(=O)Nc1ccc(CNC(=O)c2ccc(C(=O)NCc3ccc(NC(=O)NCCCCCOC(C)(C)C(=O)C(C)OC(=O)C(C)OC(C)C)cc3)cc2)cc1. The summed E-state index contributed by atoms with van der Waals surface area (Å²) in [7, 11) is 0. The van der Waals surface area contributed by atoms with E-state index in [9.17, 15) is 38.4 Å². The molecule has 0 saturated carbocycles. The summed E-state index contributed by atoms with van der Waals surface area (Å²) in [5.74, 6) is -2.55. The first-order chi connectivity index (χ1) is 36.4. The van der Waals surface area contributed by atoms with Gasteiger partial charge in [-0.2, -0.15) is 0 Å². The van der Waals surface area contributed by atoms with Crippen LogP contribution in [0, 0.1) is 0 Å². The van der Waals surface area contributed by atoms with Gasteiger partial charge >= 0.3 is 24.0 Å². The third-order valence-electron chi connectivity index (χ3n) is 11.9. The quantitative estimate of drug-likeness (QED) is 0.0245. The van der Waals surface area contributed by atoms with Gasteiger partial charge in [-0.05, 0) is 174 Å². The molecule has 0 radical (unpaired) electrons. The molecular formula is C57H82N6O14. The summed E-state index contributed by atoms with van der Waals surface area (Å²) in [6.45, 7) is 20.5. The Morgan fingerprint density at radius 1 is 0.468 bits per heavy atom. The highest BCUT2D eigenvalue weighted by Crippen LogP contribution is 2.19. The molecule has 424 valence electrons. The lowest BCUT2D eigenvalue weighted by molar-refractivity contribution is -0.172. The Hall–Kier alpha value is -6.74. The van der Waals surface area contributed by atoms with E-state index in [-0.39, 0.29) is 54.6 Å². The second kappa shape index (κ2) is 32.8. The zero-order valence-corrected chi connectivity index (χ0v) is 46.7. The fourth-order valence-corrected chi connectivity index (χ4v) is 7.52. The molecule has 0 fully saturated rings. The summed E-state index contributed by atoms with van der Waals surface area (Å²) in [5.41, 5.74) is 1.24. The van der Waals surface area contributed by atoms with E-state index in [1.807, 2.05) is 13.8 Å². The lowest BCUT2D eigenvalue weighted by Gasteiger charge is -2.27. The molecule has 3 rings (SSSR count). The number of benzene rings is 3. The molecule has 3 aromatic rings. The van der Waals surface area contributed by atoms with Crippen LogP contribution in [-0.2, 0) is 60.7 Å². The van der Waals surface area contributed by atoms with E-state index < -0.39 is 47.6 Å². The van der Waals surface area contributed by atoms with Crippen LogP contribution >= 0.6 is 0 Å². The molecule has 6 amide bonds. The van der Waals surface area contributed by atoms with Crippen molar-refractivity contribution in [2.45, 2.75) is 169 Å². The molecule has 0 saturated heterocycles. The second-order valence-corrected chi connectivity index (χ2v) is 19.7. The number of ketones is 2. The number of ether oxygens (including phenoxy) is 6. The minimum Gasteiger partial charge on any atom is -0.453 e. The van der Waals surface area contributed by atoms with Crippen molar-refractivity contribution in [1.29, 1.82) is 0 Å². The number of nitrogens with one attached hydrogen (secondary N) is 6. The standard InChI is InChI=1S/C57H82N6O14/c1-12-72-40(6)52(68)76-38(4)48(64)56(8,9)73-33-17-13-15-31-58-54(70)62-46-27-19-42(20-28-46)35-60-50(66)44-23-25-45(26-24-44)51(67)61-36-43-21-29-47(30-22-43)63-55(71)59-32-16-14-18-34-74-57(10,11)49(65)39(5)77-53(69)41(7)75-37(2)3/h19-30,37-41H,12-18,31-36H2,1-11H3,(H,60,66)(H,61,67)(H2,58,62,70)(H2,59,63,71). The predicted octanol–water partition coefficient (Wildman–Crippen LogP) is 7.96. The van der Waals surface area contributed by atoms with Gasteiger partial charge < -0.3 is 60.3 Å². The smallest absolute Gasteiger partial charge is 0.335 e. The van der Waals surface area contributed by atoms with Crippen LogP contribution in [0.5, 0.6) is 0 Å². The monoisotopic (exact) mass is 1070 g/mol. The van der Waals surface area contributed by atoms with Crippen LogP contribution in [0.15, 0.2) is 72.8 Å². The Labute approximate surface area is 453 Å². The van der Waals surface area contributed by atoms with Gasteiger partial charge in [-0.15, -0.1) is 0 Å². The van der Waals surface area contributed by atoms with Gasteiger partial charge in [0.25, 0.3) is 11.8 Å². The summed E-state index contributed by atoms with van der Waals surface area (Å²) < 4.78 is 32.8. The Kier molecular flexibility index (Phi) is 27.5. The molecule has 4 atom stereocenters. The molecule has 77 heavy (non-hydrogen) atoms. The molecule has 3 aromatic carbocycles. The van der Waals surface area contributed by atoms with Gasteiger partial charge in [0.15, 0.2) is 24.4 Å². The molecule has 20 nitrogen and oxygen atoms in total. The molecule has 0 aliphatic heterocycles. The van der Waals surface area contributed by atoms with Gasteiger partial charge in [-0.3, -0.25) is 19.2 Å². The van der Waals surface area contributed by atoms with Crippen LogP contribution < -0.4 is 31.9 Å². The maximum atomic E-state index is 12.9. The van der Waals surface area contributed by atoms with Crippen LogP contribution in [0.3, 0.4) is 0 Å². The molecule has 0 aliphatic carbocycles. The molecule has 20 heteroatoms. The van der Waals surface area contributed by atoms with Crippen molar-refractivity contribution in [3.8, 4) is 0 Å². The van der Waals surface area contributed by atoms with Gasteiger partial charge in [-0.1, -0.05) is 24.3 Å². The van der Waals surface area contributed by atoms with Gasteiger partial charge in [0, 0.05) is 68.5 Å². The number of rotatable bonds is 34. The number of amides is 6. The van der Waals surface area contributed by atoms with Crippen molar-refractivity contribution in [3.05, 3.63) is 95.1 Å². The van der Waals surface area contributed by atoms with Crippen molar-refractivity contribution in [2.75, 3.05) is 43.5 Å². The van der Waals surface area contributed by atoms with Gasteiger partial charge in [0.05, 0.1) is 6.10 Å². The predicted molar refractivity (Wildman–Crippen MR) is 291 cm³/mol. The molecule has 4 unspecified atom stereocenters. The number of Topliss-reactive ketones (excluding diaryl/α,β-unsaturated/α-hetero) is 2. The van der Waals surface area contributed by atoms with Crippen molar-refractivity contribution in [1.82, 2.24) is 21.3 Å². The lowest BCUT2D eigenvalue weighted by Crippen LogP contribution is -2.44. The zero-order valence-electron chi connectivity index (χ0n) is 46.7. The number of hydrogen-bond donors (Lipinski definition) is 6. The zero-order chi connectivity index (χ0) is 57.1. The number of unbranched alkanes of at least 4 members (excludes halogenated alkanes) is 4. The average Bonchev–Trinajstić information content (AvgIpc) is 3.39. The molecule has 0 aliphatic rings. The van der Waals surface area contributed by atoms with Gasteiger partial charge in [0.2, 0.25) is 11.6 Å². The summed E-state index contributed by atoms with van der Waals surface area (Å²) in [6, 6.07) is 19.7. The molecule has 6 N–H and O–H groups in total. The minimum atomic E-state index is -1.15. The highest BCUT2D eigenvalue weighted by atomic mass is 16.6. The third kappa shape index (κ3) is 24.0. The largest absolute Gasteiger partial charge is 0.453 e. The maximum Gasteiger partial charge on any atom is 0.335 e. The minimum absolute atomic E-state index is 0.157. The van der Waals surface area contributed by atoms with E-state index in [0.29, 0.717) is 81.1 Å². The Bertz CT molecular complexity index is 2370. The topological polar surface area (TPSA) is 264 Å². The number of esters is 2. The van der Waals surface area contributed by atoms with Crippen molar-refractivity contribution in [3.63, 3.8) is 0 Å². The first-order valence-corrected chi connectivity index (χ1v) is 26.4. The fourth-order valence-electron chi connectivity index (χ4n) is 7.52. The number of carbonyl (C=O) groups is 8. The normalized spacial score (nSPS) is 13.0. The third-order valence-corrected chi connectivity index (χ3v) is 11.9. The fraction of sp³-hybridized carbons (Fsp3) is 0.544. The first-order valence-electron chi connectivity index (χ1n) is 26.4. The van der Waals surface area contributed by atoms with E-state index in [2.05, 4.69) is 31.9 Å². The van der Waals surface area contributed by atoms with Crippen LogP contribution in [0.2, 0.25) is 0 Å². The maximum absolute atomic E-state index is 12.9. The second-order valence-electron chi connectivity index (χ2n) is 19.7. The Morgan fingerprint density at radius 2 is 0.844 bits per heavy atom. The number of anilines is 2. The van der Waals surface area contributed by atoms with Crippen molar-refractivity contribution in [2.24, 2.45) is 0 Å². The lowest BCUT2D eigenvalue weighted by atomic mass is 9.99. The van der Waals surface area contributed by atoms with Crippen LogP contribution in [-0.4, -0.2) is 122 Å². The van der Waals surface area contributed by atoms with Crippen LogP contribution in [0.1, 0.15) is 147 Å². The molecule has 0 heterocycles. The van der Waals surface area contributed by atoms with Crippen LogP contribution in [0.25, 0.3) is 0 Å². The van der Waals surface area contributed by atoms with E-state index >= 15 is 0 Å².